The Balaban J connectivity index is 1.81. The largest absolute Gasteiger partial charge is 0.382 e. The summed E-state index contributed by atoms with van der Waals surface area (Å²) >= 11 is 0. The highest BCUT2D eigenvalue weighted by Crippen LogP contribution is 2.11. The lowest BCUT2D eigenvalue weighted by molar-refractivity contribution is 0.147. The molecule has 0 saturated heterocycles. The second kappa shape index (κ2) is 8.42. The molecule has 0 spiro atoms. The molecule has 0 aliphatic heterocycles. The van der Waals surface area contributed by atoms with Crippen LogP contribution >= 0.6 is 0 Å². The van der Waals surface area contributed by atoms with E-state index in [9.17, 15) is 4.39 Å². The summed E-state index contributed by atoms with van der Waals surface area (Å²) < 4.78 is 20.9. The lowest BCUT2D eigenvalue weighted by Crippen LogP contribution is -2.11. The van der Waals surface area contributed by atoms with E-state index in [4.69, 9.17) is 4.74 Å². The summed E-state index contributed by atoms with van der Waals surface area (Å²) in [5.41, 5.74) is 0.730. The molecule has 0 amide bonds. The minimum absolute atomic E-state index is 0.149. The Kier molecular flexibility index (Phi) is 6.22. The second-order valence-electron chi connectivity index (χ2n) is 4.76. The lowest BCUT2D eigenvalue weighted by Gasteiger charge is -2.10. The number of hydrogen-bond acceptors (Lipinski definition) is 3. The SMILES string of the molecule is CCOCCCNc1nccn1CCc1ccccc1F. The van der Waals surface area contributed by atoms with Crippen molar-refractivity contribution in [3.8, 4) is 0 Å². The lowest BCUT2D eigenvalue weighted by atomic mass is 10.1. The molecule has 114 valence electrons. The first kappa shape index (κ1) is 15.5. The van der Waals surface area contributed by atoms with Crippen LogP contribution in [0.2, 0.25) is 0 Å². The van der Waals surface area contributed by atoms with E-state index in [1.165, 1.54) is 6.07 Å². The van der Waals surface area contributed by atoms with Gasteiger partial charge in [0.1, 0.15) is 5.82 Å². The van der Waals surface area contributed by atoms with Gasteiger partial charge in [0.2, 0.25) is 5.95 Å². The molecule has 0 aliphatic rings. The van der Waals surface area contributed by atoms with Gasteiger partial charge in [-0.15, -0.1) is 0 Å². The highest BCUT2D eigenvalue weighted by molar-refractivity contribution is 5.26. The van der Waals surface area contributed by atoms with Crippen molar-refractivity contribution in [2.24, 2.45) is 0 Å². The minimum Gasteiger partial charge on any atom is -0.382 e. The Labute approximate surface area is 125 Å². The quantitative estimate of drug-likeness (QED) is 0.722. The third kappa shape index (κ3) is 4.86. The van der Waals surface area contributed by atoms with E-state index < -0.39 is 0 Å². The second-order valence-corrected chi connectivity index (χ2v) is 4.76. The highest BCUT2D eigenvalue weighted by Gasteiger charge is 2.04. The van der Waals surface area contributed by atoms with E-state index in [2.05, 4.69) is 10.3 Å². The molecule has 0 atom stereocenters. The van der Waals surface area contributed by atoms with Gasteiger partial charge in [0, 0.05) is 38.7 Å². The van der Waals surface area contributed by atoms with E-state index in [1.807, 2.05) is 29.8 Å². The highest BCUT2D eigenvalue weighted by atomic mass is 19.1. The van der Waals surface area contributed by atoms with E-state index in [0.717, 1.165) is 37.7 Å². The van der Waals surface area contributed by atoms with Gasteiger partial charge in [-0.3, -0.25) is 0 Å². The Morgan fingerprint density at radius 3 is 3.00 bits per heavy atom. The van der Waals surface area contributed by atoms with Crippen LogP contribution in [0.25, 0.3) is 0 Å². The van der Waals surface area contributed by atoms with Crippen LogP contribution in [0, 0.1) is 5.82 Å². The Morgan fingerprint density at radius 1 is 1.33 bits per heavy atom. The maximum Gasteiger partial charge on any atom is 0.202 e. The predicted octanol–water partition coefficient (Wildman–Crippen LogP) is 3.10. The first-order valence-corrected chi connectivity index (χ1v) is 7.37. The third-order valence-electron chi connectivity index (χ3n) is 3.25. The topological polar surface area (TPSA) is 39.1 Å². The first-order chi connectivity index (χ1) is 10.3. The molecule has 2 rings (SSSR count). The number of anilines is 1. The molecule has 4 nitrogen and oxygen atoms in total. The summed E-state index contributed by atoms with van der Waals surface area (Å²) in [7, 11) is 0. The number of nitrogens with zero attached hydrogens (tertiary/aromatic N) is 2. The predicted molar refractivity (Wildman–Crippen MR) is 81.9 cm³/mol. The Bertz CT molecular complexity index is 542. The van der Waals surface area contributed by atoms with Crippen LogP contribution in [0.15, 0.2) is 36.7 Å². The van der Waals surface area contributed by atoms with Gasteiger partial charge in [0.25, 0.3) is 0 Å². The molecule has 0 radical (unpaired) electrons. The molecule has 0 unspecified atom stereocenters. The Hall–Kier alpha value is -1.88. The molecule has 1 heterocycles. The van der Waals surface area contributed by atoms with Crippen LogP contribution < -0.4 is 5.32 Å². The fourth-order valence-corrected chi connectivity index (χ4v) is 2.12. The number of benzene rings is 1. The van der Waals surface area contributed by atoms with Crippen molar-refractivity contribution in [3.63, 3.8) is 0 Å². The van der Waals surface area contributed by atoms with Crippen LogP contribution in [0.1, 0.15) is 18.9 Å². The number of ether oxygens (including phenoxy) is 1. The molecule has 0 aliphatic carbocycles. The monoisotopic (exact) mass is 291 g/mol. The van der Waals surface area contributed by atoms with Gasteiger partial charge in [-0.05, 0) is 31.4 Å². The average molecular weight is 291 g/mol. The zero-order chi connectivity index (χ0) is 14.9. The van der Waals surface area contributed by atoms with Crippen molar-refractivity contribution in [2.45, 2.75) is 26.3 Å². The number of nitrogens with one attached hydrogen (secondary N) is 1. The van der Waals surface area contributed by atoms with Crippen LogP contribution in [0.3, 0.4) is 0 Å². The van der Waals surface area contributed by atoms with Crippen LogP contribution in [0.5, 0.6) is 0 Å². The molecular formula is C16H22FN3O. The maximum atomic E-state index is 13.6. The molecular weight excluding hydrogens is 269 g/mol. The molecule has 1 aromatic heterocycles. The fraction of sp³-hybridized carbons (Fsp3) is 0.438. The molecule has 0 saturated carbocycles. The van der Waals surface area contributed by atoms with Gasteiger partial charge in [0.05, 0.1) is 0 Å². The number of hydrogen-bond donors (Lipinski definition) is 1. The summed E-state index contributed by atoms with van der Waals surface area (Å²) in [5, 5.41) is 3.28. The van der Waals surface area contributed by atoms with Crippen LogP contribution in [-0.2, 0) is 17.7 Å². The van der Waals surface area contributed by atoms with Gasteiger partial charge in [-0.25, -0.2) is 9.37 Å². The van der Waals surface area contributed by atoms with Crippen molar-refractivity contribution in [3.05, 3.63) is 48.0 Å². The number of aromatic nitrogens is 2. The van der Waals surface area contributed by atoms with Crippen molar-refractivity contribution in [2.75, 3.05) is 25.1 Å². The maximum absolute atomic E-state index is 13.6. The summed E-state index contributed by atoms with van der Waals surface area (Å²) in [4.78, 5) is 4.29. The summed E-state index contributed by atoms with van der Waals surface area (Å²) in [6.45, 7) is 5.00. The Morgan fingerprint density at radius 2 is 2.19 bits per heavy atom. The zero-order valence-corrected chi connectivity index (χ0v) is 12.4. The first-order valence-electron chi connectivity index (χ1n) is 7.37. The molecule has 0 bridgehead atoms. The summed E-state index contributed by atoms with van der Waals surface area (Å²) in [6, 6.07) is 6.89. The number of halogens is 1. The van der Waals surface area contributed by atoms with Crippen molar-refractivity contribution in [1.29, 1.82) is 0 Å². The van der Waals surface area contributed by atoms with Gasteiger partial charge in [0.15, 0.2) is 0 Å². The van der Waals surface area contributed by atoms with Gasteiger partial charge in [-0.2, -0.15) is 0 Å². The summed E-state index contributed by atoms with van der Waals surface area (Å²) in [5.74, 6) is 0.673. The molecule has 21 heavy (non-hydrogen) atoms. The molecule has 1 aromatic carbocycles. The van der Waals surface area contributed by atoms with Crippen LogP contribution in [0.4, 0.5) is 10.3 Å². The molecule has 5 heteroatoms. The normalized spacial score (nSPS) is 10.8. The van der Waals surface area contributed by atoms with Crippen molar-refractivity contribution in [1.82, 2.24) is 9.55 Å². The fourth-order valence-electron chi connectivity index (χ4n) is 2.12. The van der Waals surface area contributed by atoms with Crippen molar-refractivity contribution < 1.29 is 9.13 Å². The van der Waals surface area contributed by atoms with E-state index >= 15 is 0 Å². The number of imidazole rings is 1. The van der Waals surface area contributed by atoms with Crippen LogP contribution in [-0.4, -0.2) is 29.3 Å². The number of rotatable bonds is 9. The van der Waals surface area contributed by atoms with Gasteiger partial charge in [-0.1, -0.05) is 18.2 Å². The van der Waals surface area contributed by atoms with E-state index in [0.29, 0.717) is 13.0 Å². The smallest absolute Gasteiger partial charge is 0.202 e. The average Bonchev–Trinajstić information content (AvgIpc) is 2.94. The van der Waals surface area contributed by atoms with Crippen molar-refractivity contribution >= 4 is 5.95 Å². The standard InChI is InChI=1S/C16H22FN3O/c1-2-21-13-5-9-18-16-19-10-12-20(16)11-8-14-6-3-4-7-15(14)17/h3-4,6-7,10,12H,2,5,8-9,11,13H2,1H3,(H,18,19). The van der Waals surface area contributed by atoms with E-state index in [1.54, 1.807) is 12.3 Å². The molecule has 0 fully saturated rings. The molecule has 1 N–H and O–H groups in total. The van der Waals surface area contributed by atoms with Gasteiger partial charge < -0.3 is 14.6 Å². The van der Waals surface area contributed by atoms with Gasteiger partial charge >= 0.3 is 0 Å². The van der Waals surface area contributed by atoms with E-state index in [-0.39, 0.29) is 5.82 Å². The zero-order valence-electron chi connectivity index (χ0n) is 12.4. The molecule has 2 aromatic rings. The minimum atomic E-state index is -0.149. The summed E-state index contributed by atoms with van der Waals surface area (Å²) in [6.07, 6.45) is 5.25. The number of aryl methyl sites for hydroxylation is 2. The third-order valence-corrected chi connectivity index (χ3v) is 3.25.